The minimum atomic E-state index is -0.408. The predicted octanol–water partition coefficient (Wildman–Crippen LogP) is 4.24. The van der Waals surface area contributed by atoms with Gasteiger partial charge in [0.25, 0.3) is 0 Å². The van der Waals surface area contributed by atoms with E-state index in [2.05, 4.69) is 4.98 Å². The van der Waals surface area contributed by atoms with Gasteiger partial charge >= 0.3 is 0 Å². The van der Waals surface area contributed by atoms with Gasteiger partial charge < -0.3 is 0 Å². The summed E-state index contributed by atoms with van der Waals surface area (Å²) in [5.41, 5.74) is 2.40. The third-order valence-corrected chi connectivity index (χ3v) is 3.28. The number of hydrogen-bond donors (Lipinski definition) is 0. The summed E-state index contributed by atoms with van der Waals surface area (Å²) in [6.45, 7) is 1.42. The Hall–Kier alpha value is -2.55. The number of rotatable bonds is 2. The first-order valence-corrected chi connectivity index (χ1v) is 6.31. The van der Waals surface area contributed by atoms with Crippen molar-refractivity contribution < 1.29 is 9.18 Å². The zero-order valence-corrected chi connectivity index (χ0v) is 10.9. The van der Waals surface area contributed by atoms with Crippen LogP contribution in [0.3, 0.4) is 0 Å². The van der Waals surface area contributed by atoms with Crippen LogP contribution in [0.1, 0.15) is 17.3 Å². The number of ketones is 1. The Morgan fingerprint density at radius 2 is 1.90 bits per heavy atom. The van der Waals surface area contributed by atoms with Crippen LogP contribution in [-0.4, -0.2) is 10.8 Å². The molecule has 0 aliphatic heterocycles. The molecule has 1 heterocycles. The van der Waals surface area contributed by atoms with E-state index in [1.807, 2.05) is 30.3 Å². The van der Waals surface area contributed by atoms with Crippen molar-refractivity contribution in [1.29, 1.82) is 0 Å². The first kappa shape index (κ1) is 12.5. The molecule has 0 atom stereocenters. The second-order valence-electron chi connectivity index (χ2n) is 4.67. The number of pyridine rings is 1. The molecular formula is C17H12FNO. The van der Waals surface area contributed by atoms with E-state index in [1.54, 1.807) is 18.3 Å². The quantitative estimate of drug-likeness (QED) is 0.648. The smallest absolute Gasteiger partial charge is 0.159 e. The van der Waals surface area contributed by atoms with Crippen LogP contribution in [0.2, 0.25) is 0 Å². The summed E-state index contributed by atoms with van der Waals surface area (Å²) >= 11 is 0. The number of benzene rings is 2. The van der Waals surface area contributed by atoms with E-state index in [0.717, 1.165) is 10.9 Å². The van der Waals surface area contributed by atoms with Crippen molar-refractivity contribution in [2.75, 3.05) is 0 Å². The molecule has 0 radical (unpaired) electrons. The number of Topliss-reactive ketones (excluding diaryl/α,β-unsaturated/α-hetero) is 1. The van der Waals surface area contributed by atoms with E-state index in [-0.39, 0.29) is 5.78 Å². The molecule has 3 heteroatoms. The molecule has 0 amide bonds. The van der Waals surface area contributed by atoms with Crippen LogP contribution in [0.15, 0.2) is 54.7 Å². The molecule has 2 nitrogen and oxygen atoms in total. The van der Waals surface area contributed by atoms with Crippen LogP contribution in [0.4, 0.5) is 4.39 Å². The summed E-state index contributed by atoms with van der Waals surface area (Å²) in [4.78, 5) is 15.6. The molecule has 98 valence electrons. The lowest BCUT2D eigenvalue weighted by atomic mass is 10.0. The molecule has 0 aliphatic carbocycles. The van der Waals surface area contributed by atoms with E-state index in [4.69, 9.17) is 0 Å². The molecule has 0 saturated carbocycles. The van der Waals surface area contributed by atoms with Gasteiger partial charge in [0.05, 0.1) is 5.52 Å². The number of carbonyl (C=O) groups excluding carboxylic acids is 1. The van der Waals surface area contributed by atoms with Gasteiger partial charge in [-0.05, 0) is 25.1 Å². The molecule has 0 N–H and O–H groups in total. The minimum Gasteiger partial charge on any atom is -0.295 e. The maximum Gasteiger partial charge on any atom is 0.159 e. The highest BCUT2D eigenvalue weighted by molar-refractivity contribution is 5.94. The van der Waals surface area contributed by atoms with Crippen molar-refractivity contribution in [3.8, 4) is 11.1 Å². The second kappa shape index (κ2) is 4.85. The average molecular weight is 265 g/mol. The Balaban J connectivity index is 2.13. The number of halogens is 1. The lowest BCUT2D eigenvalue weighted by Gasteiger charge is -2.06. The lowest BCUT2D eigenvalue weighted by Crippen LogP contribution is -1.94. The Kier molecular flexibility index (Phi) is 3.03. The van der Waals surface area contributed by atoms with E-state index in [1.165, 1.54) is 13.0 Å². The van der Waals surface area contributed by atoms with E-state index >= 15 is 0 Å². The number of fused-ring (bicyclic) bond motifs is 1. The van der Waals surface area contributed by atoms with Crippen molar-refractivity contribution in [3.05, 3.63) is 66.1 Å². The maximum absolute atomic E-state index is 14.1. The van der Waals surface area contributed by atoms with Crippen molar-refractivity contribution in [1.82, 2.24) is 4.98 Å². The van der Waals surface area contributed by atoms with Crippen molar-refractivity contribution in [2.24, 2.45) is 0 Å². The molecule has 0 unspecified atom stereocenters. The molecule has 2 aromatic carbocycles. The second-order valence-corrected chi connectivity index (χ2v) is 4.67. The third-order valence-electron chi connectivity index (χ3n) is 3.28. The fourth-order valence-corrected chi connectivity index (χ4v) is 2.19. The molecule has 0 spiro atoms. The minimum absolute atomic E-state index is 0.146. The first-order chi connectivity index (χ1) is 9.65. The summed E-state index contributed by atoms with van der Waals surface area (Å²) in [5, 5.41) is 0.958. The zero-order chi connectivity index (χ0) is 14.1. The summed E-state index contributed by atoms with van der Waals surface area (Å²) < 4.78 is 14.1. The highest BCUT2D eigenvalue weighted by Gasteiger charge is 2.09. The first-order valence-electron chi connectivity index (χ1n) is 6.31. The topological polar surface area (TPSA) is 30.0 Å². The number of nitrogens with zero attached hydrogens (tertiary/aromatic N) is 1. The largest absolute Gasteiger partial charge is 0.295 e. The van der Waals surface area contributed by atoms with Gasteiger partial charge in [-0.15, -0.1) is 0 Å². The molecule has 0 bridgehead atoms. The Bertz CT molecular complexity index is 811. The van der Waals surface area contributed by atoms with Crippen molar-refractivity contribution >= 4 is 16.7 Å². The predicted molar refractivity (Wildman–Crippen MR) is 77.1 cm³/mol. The Labute approximate surface area is 115 Å². The summed E-state index contributed by atoms with van der Waals surface area (Å²) in [5.74, 6) is -0.554. The zero-order valence-electron chi connectivity index (χ0n) is 10.9. The van der Waals surface area contributed by atoms with Gasteiger partial charge in [0, 0.05) is 28.3 Å². The van der Waals surface area contributed by atoms with Gasteiger partial charge in [0.15, 0.2) is 5.78 Å². The summed E-state index contributed by atoms with van der Waals surface area (Å²) in [7, 11) is 0. The fourth-order valence-electron chi connectivity index (χ4n) is 2.19. The van der Waals surface area contributed by atoms with Crippen LogP contribution in [-0.2, 0) is 0 Å². The van der Waals surface area contributed by atoms with Gasteiger partial charge in [0.1, 0.15) is 5.82 Å². The molecule has 1 aromatic heterocycles. The van der Waals surface area contributed by atoms with Crippen molar-refractivity contribution in [3.63, 3.8) is 0 Å². The van der Waals surface area contributed by atoms with Gasteiger partial charge in [-0.25, -0.2) is 4.39 Å². The number of hydrogen-bond acceptors (Lipinski definition) is 2. The maximum atomic E-state index is 14.1. The lowest BCUT2D eigenvalue weighted by molar-refractivity contribution is 0.101. The highest BCUT2D eigenvalue weighted by atomic mass is 19.1. The molecule has 20 heavy (non-hydrogen) atoms. The Morgan fingerprint density at radius 3 is 2.65 bits per heavy atom. The molecule has 3 rings (SSSR count). The summed E-state index contributed by atoms with van der Waals surface area (Å²) in [6.07, 6.45) is 1.65. The van der Waals surface area contributed by atoms with Crippen LogP contribution < -0.4 is 0 Å². The molecule has 0 saturated heterocycles. The van der Waals surface area contributed by atoms with Crippen LogP contribution >= 0.6 is 0 Å². The van der Waals surface area contributed by atoms with E-state index < -0.39 is 5.82 Å². The molecule has 0 aliphatic rings. The fraction of sp³-hybridized carbons (Fsp3) is 0.0588. The van der Waals surface area contributed by atoms with Gasteiger partial charge in [-0.3, -0.25) is 9.78 Å². The molecule has 3 aromatic rings. The van der Waals surface area contributed by atoms with Crippen molar-refractivity contribution in [2.45, 2.75) is 6.92 Å². The van der Waals surface area contributed by atoms with E-state index in [0.29, 0.717) is 16.7 Å². The van der Waals surface area contributed by atoms with Crippen LogP contribution in [0, 0.1) is 5.82 Å². The molecular weight excluding hydrogens is 253 g/mol. The average Bonchev–Trinajstić information content (AvgIpc) is 2.46. The summed E-state index contributed by atoms with van der Waals surface area (Å²) in [6, 6.07) is 14.1. The third kappa shape index (κ3) is 2.18. The standard InChI is InChI=1S/C17H12FNO/c1-11(20)12-6-7-15(16(18)9-12)14-8-13-4-2-3-5-17(13)19-10-14/h2-10H,1H3. The number of carbonyl (C=O) groups is 1. The normalized spacial score (nSPS) is 10.7. The van der Waals surface area contributed by atoms with Gasteiger partial charge in [0.2, 0.25) is 0 Å². The van der Waals surface area contributed by atoms with Gasteiger partial charge in [-0.1, -0.05) is 30.3 Å². The number of para-hydroxylation sites is 1. The van der Waals surface area contributed by atoms with Crippen LogP contribution in [0.5, 0.6) is 0 Å². The highest BCUT2D eigenvalue weighted by Crippen LogP contribution is 2.26. The Morgan fingerprint density at radius 1 is 1.10 bits per heavy atom. The van der Waals surface area contributed by atoms with Gasteiger partial charge in [-0.2, -0.15) is 0 Å². The SMILES string of the molecule is CC(=O)c1ccc(-c2cnc3ccccc3c2)c(F)c1. The van der Waals surface area contributed by atoms with Crippen LogP contribution in [0.25, 0.3) is 22.0 Å². The monoisotopic (exact) mass is 265 g/mol. The van der Waals surface area contributed by atoms with E-state index in [9.17, 15) is 9.18 Å². The number of aromatic nitrogens is 1. The molecule has 0 fully saturated rings.